The first-order valence-electron chi connectivity index (χ1n) is 10.0. The van der Waals surface area contributed by atoms with Crippen LogP contribution in [0.5, 0.6) is 0 Å². The summed E-state index contributed by atoms with van der Waals surface area (Å²) in [6.45, 7) is 3.29. The molecule has 2 aromatic carbocycles. The second-order valence-corrected chi connectivity index (χ2v) is 10.9. The lowest BCUT2D eigenvalue weighted by molar-refractivity contribution is -0.125. The summed E-state index contributed by atoms with van der Waals surface area (Å²) in [7, 11) is -3.49. The second kappa shape index (κ2) is 10.7. The molecule has 162 valence electrons. The van der Waals surface area contributed by atoms with E-state index in [0.717, 1.165) is 22.1 Å². The van der Waals surface area contributed by atoms with Crippen molar-refractivity contribution in [2.24, 2.45) is 5.92 Å². The number of sulfonamides is 1. The largest absolute Gasteiger partial charge is 0.355 e. The van der Waals surface area contributed by atoms with Crippen LogP contribution in [0.25, 0.3) is 0 Å². The molecule has 1 aliphatic rings. The van der Waals surface area contributed by atoms with Gasteiger partial charge in [-0.2, -0.15) is 16.1 Å². The number of hydrogen-bond donors (Lipinski definition) is 1. The van der Waals surface area contributed by atoms with Gasteiger partial charge >= 0.3 is 0 Å². The van der Waals surface area contributed by atoms with E-state index < -0.39 is 10.0 Å². The Hall–Kier alpha value is -1.54. The second-order valence-electron chi connectivity index (χ2n) is 7.46. The standard InChI is InChI=1S/C22H27ClN2O3S2/c1-17-2-8-21(9-3-17)30(27,28)25-13-10-19(11-14-25)22(26)24-12-15-29-16-18-4-6-20(23)7-5-18/h2-9,19H,10-16H2,1H3,(H,24,26). The topological polar surface area (TPSA) is 66.5 Å². The molecule has 1 N–H and O–H groups in total. The van der Waals surface area contributed by atoms with Crippen molar-refractivity contribution in [3.63, 3.8) is 0 Å². The Kier molecular flexibility index (Phi) is 8.22. The van der Waals surface area contributed by atoms with Crippen LogP contribution in [0.2, 0.25) is 5.02 Å². The number of benzene rings is 2. The van der Waals surface area contributed by atoms with E-state index in [9.17, 15) is 13.2 Å². The fourth-order valence-corrected chi connectivity index (χ4v) is 5.79. The van der Waals surface area contributed by atoms with Gasteiger partial charge in [-0.15, -0.1) is 0 Å². The molecule has 0 radical (unpaired) electrons. The van der Waals surface area contributed by atoms with E-state index in [0.29, 0.717) is 37.4 Å². The van der Waals surface area contributed by atoms with Gasteiger partial charge in [-0.1, -0.05) is 41.4 Å². The van der Waals surface area contributed by atoms with Crippen molar-refractivity contribution in [3.8, 4) is 0 Å². The summed E-state index contributed by atoms with van der Waals surface area (Å²) < 4.78 is 27.0. The molecule has 1 heterocycles. The molecule has 0 unspecified atom stereocenters. The molecule has 0 aromatic heterocycles. The molecule has 1 amide bonds. The summed E-state index contributed by atoms with van der Waals surface area (Å²) >= 11 is 7.64. The van der Waals surface area contributed by atoms with E-state index >= 15 is 0 Å². The van der Waals surface area contributed by atoms with Gasteiger partial charge in [-0.3, -0.25) is 4.79 Å². The number of hydrogen-bond acceptors (Lipinski definition) is 4. The number of halogens is 1. The first-order chi connectivity index (χ1) is 14.4. The molecule has 1 aliphatic heterocycles. The van der Waals surface area contributed by atoms with Crippen molar-refractivity contribution < 1.29 is 13.2 Å². The van der Waals surface area contributed by atoms with Gasteiger partial charge in [0.25, 0.3) is 0 Å². The molecule has 5 nitrogen and oxygen atoms in total. The third-order valence-corrected chi connectivity index (χ3v) is 8.41. The van der Waals surface area contributed by atoms with Crippen LogP contribution in [0.4, 0.5) is 0 Å². The third-order valence-electron chi connectivity index (χ3n) is 5.21. The Morgan fingerprint density at radius 1 is 1.10 bits per heavy atom. The van der Waals surface area contributed by atoms with E-state index in [-0.39, 0.29) is 11.8 Å². The van der Waals surface area contributed by atoms with Gasteiger partial charge < -0.3 is 5.32 Å². The third kappa shape index (κ3) is 6.23. The molecule has 1 saturated heterocycles. The maximum atomic E-state index is 12.8. The Morgan fingerprint density at radius 3 is 2.37 bits per heavy atom. The number of carbonyl (C=O) groups is 1. The summed E-state index contributed by atoms with van der Waals surface area (Å²) in [6, 6.07) is 14.7. The van der Waals surface area contributed by atoms with Crippen molar-refractivity contribution in [1.29, 1.82) is 0 Å². The van der Waals surface area contributed by atoms with Crippen LogP contribution in [-0.2, 0) is 20.6 Å². The summed E-state index contributed by atoms with van der Waals surface area (Å²) in [5.41, 5.74) is 2.23. The van der Waals surface area contributed by atoms with Crippen molar-refractivity contribution in [1.82, 2.24) is 9.62 Å². The highest BCUT2D eigenvalue weighted by molar-refractivity contribution is 7.98. The lowest BCUT2D eigenvalue weighted by atomic mass is 9.97. The van der Waals surface area contributed by atoms with Crippen LogP contribution in [-0.4, -0.2) is 44.0 Å². The number of thioether (sulfide) groups is 1. The van der Waals surface area contributed by atoms with Crippen molar-refractivity contribution >= 4 is 39.3 Å². The monoisotopic (exact) mass is 466 g/mol. The Balaban J connectivity index is 1.38. The van der Waals surface area contributed by atoms with E-state index in [1.807, 2.05) is 31.2 Å². The highest BCUT2D eigenvalue weighted by Gasteiger charge is 2.31. The van der Waals surface area contributed by atoms with Crippen molar-refractivity contribution in [3.05, 3.63) is 64.7 Å². The number of carbonyl (C=O) groups excluding carboxylic acids is 1. The van der Waals surface area contributed by atoms with Gasteiger partial charge in [0.05, 0.1) is 4.90 Å². The predicted molar refractivity (Wildman–Crippen MR) is 123 cm³/mol. The fraction of sp³-hybridized carbons (Fsp3) is 0.409. The summed E-state index contributed by atoms with van der Waals surface area (Å²) in [5.74, 6) is 1.60. The first-order valence-corrected chi connectivity index (χ1v) is 13.0. The van der Waals surface area contributed by atoms with Gasteiger partial charge in [-0.05, 0) is 49.6 Å². The number of aryl methyl sites for hydroxylation is 1. The minimum atomic E-state index is -3.49. The number of piperidine rings is 1. The summed E-state index contributed by atoms with van der Waals surface area (Å²) in [5, 5.41) is 3.72. The molecule has 8 heteroatoms. The first kappa shape index (κ1) is 23.1. The minimum Gasteiger partial charge on any atom is -0.355 e. The zero-order chi connectivity index (χ0) is 21.6. The van der Waals surface area contributed by atoms with Crippen LogP contribution >= 0.6 is 23.4 Å². The van der Waals surface area contributed by atoms with E-state index in [2.05, 4.69) is 5.32 Å². The van der Waals surface area contributed by atoms with Crippen molar-refractivity contribution in [2.45, 2.75) is 30.4 Å². The molecule has 3 rings (SSSR count). The average Bonchev–Trinajstić information content (AvgIpc) is 2.75. The molecule has 0 bridgehead atoms. The molecular weight excluding hydrogens is 440 g/mol. The summed E-state index contributed by atoms with van der Waals surface area (Å²) in [4.78, 5) is 12.7. The minimum absolute atomic E-state index is 0.0227. The van der Waals surface area contributed by atoms with Crippen LogP contribution in [0, 0.1) is 12.8 Å². The molecule has 1 fully saturated rings. The molecule has 2 aromatic rings. The molecule has 0 saturated carbocycles. The smallest absolute Gasteiger partial charge is 0.243 e. The molecule has 0 atom stereocenters. The van der Waals surface area contributed by atoms with Gasteiger partial charge in [0.2, 0.25) is 15.9 Å². The number of amides is 1. The maximum Gasteiger partial charge on any atom is 0.243 e. The number of nitrogens with one attached hydrogen (secondary N) is 1. The predicted octanol–water partition coefficient (Wildman–Crippen LogP) is 4.10. The highest BCUT2D eigenvalue weighted by Crippen LogP contribution is 2.24. The zero-order valence-corrected chi connectivity index (χ0v) is 19.4. The van der Waals surface area contributed by atoms with Crippen molar-refractivity contribution in [2.75, 3.05) is 25.4 Å². The van der Waals surface area contributed by atoms with Crippen LogP contribution in [0.15, 0.2) is 53.4 Å². The lowest BCUT2D eigenvalue weighted by Gasteiger charge is -2.30. The number of rotatable bonds is 8. The number of nitrogens with zero attached hydrogens (tertiary/aromatic N) is 1. The van der Waals surface area contributed by atoms with Gasteiger partial charge in [0, 0.05) is 42.1 Å². The quantitative estimate of drug-likeness (QED) is 0.595. The Bertz CT molecular complexity index is 939. The van der Waals surface area contributed by atoms with E-state index in [4.69, 9.17) is 11.6 Å². The van der Waals surface area contributed by atoms with Crippen LogP contribution in [0.3, 0.4) is 0 Å². The van der Waals surface area contributed by atoms with E-state index in [1.54, 1.807) is 36.0 Å². The molecule has 30 heavy (non-hydrogen) atoms. The Morgan fingerprint density at radius 2 is 1.73 bits per heavy atom. The lowest BCUT2D eigenvalue weighted by Crippen LogP contribution is -2.43. The van der Waals surface area contributed by atoms with Gasteiger partial charge in [-0.25, -0.2) is 8.42 Å². The van der Waals surface area contributed by atoms with Crippen LogP contribution < -0.4 is 5.32 Å². The normalized spacial score (nSPS) is 15.8. The Labute approximate surface area is 188 Å². The summed E-state index contributed by atoms with van der Waals surface area (Å²) in [6.07, 6.45) is 1.10. The van der Waals surface area contributed by atoms with Gasteiger partial charge in [0.1, 0.15) is 0 Å². The zero-order valence-electron chi connectivity index (χ0n) is 17.0. The highest BCUT2D eigenvalue weighted by atomic mass is 35.5. The van der Waals surface area contributed by atoms with Gasteiger partial charge in [0.15, 0.2) is 0 Å². The SMILES string of the molecule is Cc1ccc(S(=O)(=O)N2CCC(C(=O)NCCSCc3ccc(Cl)cc3)CC2)cc1. The maximum absolute atomic E-state index is 12.8. The van der Waals surface area contributed by atoms with E-state index in [1.165, 1.54) is 9.87 Å². The molecule has 0 aliphatic carbocycles. The molecule has 0 spiro atoms. The average molecular weight is 467 g/mol. The van der Waals surface area contributed by atoms with Crippen LogP contribution in [0.1, 0.15) is 24.0 Å². The molecular formula is C22H27ClN2O3S2. The fourth-order valence-electron chi connectivity index (χ4n) is 3.38.